The third kappa shape index (κ3) is 1.12. The first-order valence-corrected chi connectivity index (χ1v) is 2.50. The zero-order valence-corrected chi connectivity index (χ0v) is 4.18. The molecule has 1 atom stereocenters. The van der Waals surface area contributed by atoms with Crippen molar-refractivity contribution < 1.29 is 4.84 Å². The molecule has 0 aromatic rings. The van der Waals surface area contributed by atoms with Gasteiger partial charge in [-0.05, 0) is 13.0 Å². The predicted octanol–water partition coefficient (Wildman–Crippen LogP) is -0.761. The van der Waals surface area contributed by atoms with E-state index in [1.54, 1.807) is 0 Å². The largest absolute Gasteiger partial charge is 0.314 e. The summed E-state index contributed by atoms with van der Waals surface area (Å²) in [4.78, 5) is 4.55. The maximum atomic E-state index is 4.89. The molecule has 1 aliphatic heterocycles. The minimum Gasteiger partial charge on any atom is -0.314 e. The molecular formula is C4H10N2O. The fourth-order valence-electron chi connectivity index (χ4n) is 0.744. The molecule has 0 radical (unpaired) electrons. The number of nitrogens with two attached hydrogens (primary N) is 1. The molecule has 0 saturated carbocycles. The zero-order valence-electron chi connectivity index (χ0n) is 4.18. The van der Waals surface area contributed by atoms with Gasteiger partial charge in [-0.15, -0.1) is 0 Å². The molecular weight excluding hydrogens is 92.1 g/mol. The summed E-state index contributed by atoms with van der Waals surface area (Å²) in [5.41, 5.74) is 0. The first-order chi connectivity index (χ1) is 3.43. The molecule has 3 N–H and O–H groups in total. The molecule has 1 rings (SSSR count). The summed E-state index contributed by atoms with van der Waals surface area (Å²) in [6.45, 7) is 1.96. The average molecular weight is 102 g/mol. The quantitative estimate of drug-likeness (QED) is 0.428. The van der Waals surface area contributed by atoms with Crippen molar-refractivity contribution in [2.24, 2.45) is 5.90 Å². The lowest BCUT2D eigenvalue weighted by atomic mass is 10.3. The van der Waals surface area contributed by atoms with Gasteiger partial charge in [0.25, 0.3) is 0 Å². The Morgan fingerprint density at radius 1 is 1.71 bits per heavy atom. The van der Waals surface area contributed by atoms with Crippen molar-refractivity contribution in [1.29, 1.82) is 0 Å². The van der Waals surface area contributed by atoms with Gasteiger partial charge < -0.3 is 5.32 Å². The fraction of sp³-hybridized carbons (Fsp3) is 1.00. The van der Waals surface area contributed by atoms with Gasteiger partial charge in [0.1, 0.15) is 0 Å². The Kier molecular flexibility index (Phi) is 1.62. The van der Waals surface area contributed by atoms with Crippen molar-refractivity contribution in [3.8, 4) is 0 Å². The highest BCUT2D eigenvalue weighted by Crippen LogP contribution is 1.97. The van der Waals surface area contributed by atoms with Crippen LogP contribution in [0.4, 0.5) is 0 Å². The Morgan fingerprint density at radius 2 is 2.57 bits per heavy atom. The molecule has 0 bridgehead atoms. The first kappa shape index (κ1) is 5.03. The first-order valence-electron chi connectivity index (χ1n) is 2.50. The van der Waals surface area contributed by atoms with E-state index in [4.69, 9.17) is 5.90 Å². The number of hydrogen-bond donors (Lipinski definition) is 2. The molecule has 3 heteroatoms. The van der Waals surface area contributed by atoms with E-state index in [1.807, 2.05) is 0 Å². The molecule has 0 aromatic heterocycles. The van der Waals surface area contributed by atoms with Gasteiger partial charge in [-0.3, -0.25) is 4.84 Å². The van der Waals surface area contributed by atoms with E-state index < -0.39 is 0 Å². The molecule has 1 fully saturated rings. The maximum absolute atomic E-state index is 4.89. The Morgan fingerprint density at radius 3 is 2.86 bits per heavy atom. The molecule has 7 heavy (non-hydrogen) atoms. The van der Waals surface area contributed by atoms with E-state index in [1.165, 1.54) is 0 Å². The fourth-order valence-corrected chi connectivity index (χ4v) is 0.744. The third-order valence-corrected chi connectivity index (χ3v) is 1.21. The van der Waals surface area contributed by atoms with Crippen LogP contribution in [0.5, 0.6) is 0 Å². The predicted molar refractivity (Wildman–Crippen MR) is 26.5 cm³/mol. The summed E-state index contributed by atoms with van der Waals surface area (Å²) in [5, 5.41) is 3.12. The summed E-state index contributed by atoms with van der Waals surface area (Å²) in [6.07, 6.45) is 1.32. The van der Waals surface area contributed by atoms with Gasteiger partial charge >= 0.3 is 0 Å². The van der Waals surface area contributed by atoms with Gasteiger partial charge in [0.2, 0.25) is 0 Å². The molecule has 0 unspecified atom stereocenters. The lowest BCUT2D eigenvalue weighted by molar-refractivity contribution is 0.0678. The third-order valence-electron chi connectivity index (χ3n) is 1.21. The molecule has 1 heterocycles. The Hall–Kier alpha value is -0.120. The number of nitrogens with one attached hydrogen (secondary N) is 1. The minimum absolute atomic E-state index is 0.264. The van der Waals surface area contributed by atoms with Crippen LogP contribution in [-0.4, -0.2) is 19.2 Å². The maximum Gasteiger partial charge on any atom is 0.0923 e. The lowest BCUT2D eigenvalue weighted by Crippen LogP contribution is -2.19. The normalized spacial score (nSPS) is 31.3. The Labute approximate surface area is 42.8 Å². The molecule has 0 spiro atoms. The van der Waals surface area contributed by atoms with Crippen molar-refractivity contribution in [2.75, 3.05) is 13.1 Å². The molecule has 1 saturated heterocycles. The highest BCUT2D eigenvalue weighted by atomic mass is 16.6. The summed E-state index contributed by atoms with van der Waals surface area (Å²) in [6, 6.07) is 0. The van der Waals surface area contributed by atoms with Crippen LogP contribution in [-0.2, 0) is 4.84 Å². The van der Waals surface area contributed by atoms with Gasteiger partial charge in [0, 0.05) is 6.54 Å². The van der Waals surface area contributed by atoms with Gasteiger partial charge in [-0.1, -0.05) is 0 Å². The Bertz CT molecular complexity index is 51.7. The van der Waals surface area contributed by atoms with E-state index in [-0.39, 0.29) is 6.10 Å². The van der Waals surface area contributed by atoms with Gasteiger partial charge in [-0.2, -0.15) is 0 Å². The van der Waals surface area contributed by atoms with E-state index in [0.717, 1.165) is 19.5 Å². The van der Waals surface area contributed by atoms with E-state index in [9.17, 15) is 0 Å². The highest BCUT2D eigenvalue weighted by molar-refractivity contribution is 4.69. The summed E-state index contributed by atoms with van der Waals surface area (Å²) in [5.74, 6) is 4.89. The van der Waals surface area contributed by atoms with Crippen molar-refractivity contribution in [2.45, 2.75) is 12.5 Å². The van der Waals surface area contributed by atoms with Crippen LogP contribution >= 0.6 is 0 Å². The van der Waals surface area contributed by atoms with Gasteiger partial charge in [0.05, 0.1) is 6.10 Å². The molecule has 42 valence electrons. The topological polar surface area (TPSA) is 47.3 Å². The number of rotatable bonds is 1. The van der Waals surface area contributed by atoms with Crippen molar-refractivity contribution in [1.82, 2.24) is 5.32 Å². The van der Waals surface area contributed by atoms with Crippen LogP contribution in [0.2, 0.25) is 0 Å². The second-order valence-electron chi connectivity index (χ2n) is 1.75. The number of hydrogen-bond acceptors (Lipinski definition) is 3. The van der Waals surface area contributed by atoms with Crippen molar-refractivity contribution >= 4 is 0 Å². The molecule has 3 nitrogen and oxygen atoms in total. The smallest absolute Gasteiger partial charge is 0.0923 e. The monoisotopic (exact) mass is 102 g/mol. The van der Waals surface area contributed by atoms with Crippen LogP contribution in [0, 0.1) is 0 Å². The molecule has 0 aromatic carbocycles. The standard InChI is InChI=1S/C4H10N2O/c5-7-4-1-2-6-3-4/h4,6H,1-3,5H2/t4-/m0/s1. The molecule has 0 aliphatic carbocycles. The van der Waals surface area contributed by atoms with Crippen LogP contribution in [0.1, 0.15) is 6.42 Å². The highest BCUT2D eigenvalue weighted by Gasteiger charge is 2.12. The van der Waals surface area contributed by atoms with Crippen LogP contribution < -0.4 is 11.2 Å². The Balaban J connectivity index is 2.14. The second-order valence-corrected chi connectivity index (χ2v) is 1.75. The second kappa shape index (κ2) is 2.26. The van der Waals surface area contributed by atoms with Crippen molar-refractivity contribution in [3.63, 3.8) is 0 Å². The SMILES string of the molecule is NO[C@H]1CCNC1. The van der Waals surface area contributed by atoms with Gasteiger partial charge in [-0.25, -0.2) is 5.90 Å². The van der Waals surface area contributed by atoms with Crippen LogP contribution in [0.3, 0.4) is 0 Å². The summed E-state index contributed by atoms with van der Waals surface area (Å²) < 4.78 is 0. The average Bonchev–Trinajstić information content (AvgIpc) is 2.14. The molecule has 1 aliphatic rings. The van der Waals surface area contributed by atoms with Crippen molar-refractivity contribution in [3.05, 3.63) is 0 Å². The molecule has 0 amide bonds. The van der Waals surface area contributed by atoms with Crippen LogP contribution in [0.15, 0.2) is 0 Å². The van der Waals surface area contributed by atoms with Crippen LogP contribution in [0.25, 0.3) is 0 Å². The lowest BCUT2D eigenvalue weighted by Gasteiger charge is -2.00. The summed E-state index contributed by atoms with van der Waals surface area (Å²) in [7, 11) is 0. The minimum atomic E-state index is 0.264. The zero-order chi connectivity index (χ0) is 5.11. The summed E-state index contributed by atoms with van der Waals surface area (Å²) >= 11 is 0. The van der Waals surface area contributed by atoms with E-state index >= 15 is 0 Å². The van der Waals surface area contributed by atoms with E-state index in [0.29, 0.717) is 0 Å². The van der Waals surface area contributed by atoms with E-state index in [2.05, 4.69) is 10.2 Å². The van der Waals surface area contributed by atoms with Gasteiger partial charge in [0.15, 0.2) is 0 Å².